The molecule has 6 heteroatoms. The standard InChI is InChI=1S/C21H27BrN2O3/c1-14-12-15(2)19(27-20(26)21(3,4)22)16(13-14)18(24(5)10-11-25)17-8-6-7-9-23-17/h6-9,12-13,18,25H,10-11H2,1-5H3. The van der Waals surface area contributed by atoms with Gasteiger partial charge in [-0.25, -0.2) is 0 Å². The van der Waals surface area contributed by atoms with Crippen molar-refractivity contribution in [3.8, 4) is 5.75 Å². The highest BCUT2D eigenvalue weighted by Crippen LogP contribution is 2.37. The maximum atomic E-state index is 12.5. The highest BCUT2D eigenvalue weighted by Gasteiger charge is 2.30. The lowest BCUT2D eigenvalue weighted by atomic mass is 9.96. The van der Waals surface area contributed by atoms with Gasteiger partial charge in [-0.1, -0.05) is 39.7 Å². The summed E-state index contributed by atoms with van der Waals surface area (Å²) in [6, 6.07) is 9.49. The predicted octanol–water partition coefficient (Wildman–Crippen LogP) is 3.79. The number of nitrogens with zero attached hydrogens (tertiary/aromatic N) is 2. The van der Waals surface area contributed by atoms with Crippen LogP contribution in [0.4, 0.5) is 0 Å². The van der Waals surface area contributed by atoms with Gasteiger partial charge < -0.3 is 9.84 Å². The number of benzene rings is 1. The maximum Gasteiger partial charge on any atom is 0.327 e. The van der Waals surface area contributed by atoms with Gasteiger partial charge >= 0.3 is 5.97 Å². The Morgan fingerprint density at radius 3 is 2.59 bits per heavy atom. The van der Waals surface area contributed by atoms with Gasteiger partial charge in [-0.15, -0.1) is 0 Å². The van der Waals surface area contributed by atoms with Gasteiger partial charge in [0.1, 0.15) is 10.1 Å². The first kappa shape index (κ1) is 21.5. The molecule has 0 saturated carbocycles. The number of rotatable bonds is 7. The number of pyridine rings is 1. The number of aliphatic hydroxyl groups is 1. The van der Waals surface area contributed by atoms with Gasteiger partial charge in [0.25, 0.3) is 0 Å². The average Bonchev–Trinajstić information content (AvgIpc) is 2.58. The summed E-state index contributed by atoms with van der Waals surface area (Å²) in [5, 5.41) is 9.46. The first-order chi connectivity index (χ1) is 12.6. The molecule has 1 aromatic heterocycles. The first-order valence-electron chi connectivity index (χ1n) is 8.89. The number of ether oxygens (including phenoxy) is 1. The van der Waals surface area contributed by atoms with Crippen molar-refractivity contribution >= 4 is 21.9 Å². The SMILES string of the molecule is Cc1cc(C)c(OC(=O)C(C)(C)Br)c(C(c2ccccn2)N(C)CCO)c1. The zero-order valence-electron chi connectivity index (χ0n) is 16.5. The van der Waals surface area contributed by atoms with Crippen LogP contribution in [0, 0.1) is 13.8 Å². The van der Waals surface area contributed by atoms with Gasteiger partial charge in [0, 0.05) is 18.3 Å². The van der Waals surface area contributed by atoms with E-state index in [1.165, 1.54) is 0 Å². The number of esters is 1. The van der Waals surface area contributed by atoms with Crippen LogP contribution in [0.25, 0.3) is 0 Å². The Hall–Kier alpha value is -1.76. The Morgan fingerprint density at radius 1 is 1.33 bits per heavy atom. The normalized spacial score (nSPS) is 12.9. The Kier molecular flexibility index (Phi) is 7.14. The van der Waals surface area contributed by atoms with E-state index in [-0.39, 0.29) is 18.6 Å². The molecule has 1 atom stereocenters. The van der Waals surface area contributed by atoms with Crippen LogP contribution in [0.1, 0.15) is 42.3 Å². The van der Waals surface area contributed by atoms with Crippen LogP contribution < -0.4 is 4.74 Å². The topological polar surface area (TPSA) is 62.7 Å². The molecule has 1 N–H and O–H groups in total. The lowest BCUT2D eigenvalue weighted by Crippen LogP contribution is -2.32. The summed E-state index contributed by atoms with van der Waals surface area (Å²) >= 11 is 3.37. The Balaban J connectivity index is 2.62. The van der Waals surface area contributed by atoms with Crippen LogP contribution >= 0.6 is 15.9 Å². The molecule has 146 valence electrons. The number of carbonyl (C=O) groups excluding carboxylic acids is 1. The molecular formula is C21H27BrN2O3. The van der Waals surface area contributed by atoms with E-state index in [2.05, 4.69) is 20.9 Å². The van der Waals surface area contributed by atoms with Gasteiger partial charge in [-0.05, 0) is 52.4 Å². The van der Waals surface area contributed by atoms with Crippen molar-refractivity contribution in [3.05, 3.63) is 58.9 Å². The van der Waals surface area contributed by atoms with Crippen LogP contribution in [0.5, 0.6) is 5.75 Å². The van der Waals surface area contributed by atoms with E-state index in [1.54, 1.807) is 20.0 Å². The predicted molar refractivity (Wildman–Crippen MR) is 110 cm³/mol. The molecule has 27 heavy (non-hydrogen) atoms. The largest absolute Gasteiger partial charge is 0.425 e. The van der Waals surface area contributed by atoms with E-state index in [4.69, 9.17) is 4.74 Å². The third kappa shape index (κ3) is 5.37. The molecule has 1 heterocycles. The average molecular weight is 435 g/mol. The fourth-order valence-electron chi connectivity index (χ4n) is 2.99. The number of hydrogen-bond donors (Lipinski definition) is 1. The molecule has 0 aliphatic rings. The van der Waals surface area contributed by atoms with Crippen molar-refractivity contribution < 1.29 is 14.6 Å². The van der Waals surface area contributed by atoms with E-state index in [1.807, 2.05) is 56.1 Å². The number of likely N-dealkylation sites (N-methyl/N-ethyl adjacent to an activating group) is 1. The second kappa shape index (κ2) is 8.95. The molecule has 0 fully saturated rings. The van der Waals surface area contributed by atoms with Crippen LogP contribution in [-0.2, 0) is 4.79 Å². The first-order valence-corrected chi connectivity index (χ1v) is 9.68. The van der Waals surface area contributed by atoms with Crippen molar-refractivity contribution in [2.75, 3.05) is 20.2 Å². The van der Waals surface area contributed by atoms with Crippen LogP contribution in [-0.4, -0.2) is 45.5 Å². The summed E-state index contributed by atoms with van der Waals surface area (Å²) < 4.78 is 5.03. The number of aliphatic hydroxyl groups excluding tert-OH is 1. The molecule has 2 rings (SSSR count). The van der Waals surface area contributed by atoms with Gasteiger partial charge in [-0.2, -0.15) is 0 Å². The zero-order valence-corrected chi connectivity index (χ0v) is 18.1. The molecule has 0 spiro atoms. The summed E-state index contributed by atoms with van der Waals surface area (Å²) in [6.45, 7) is 7.94. The third-order valence-electron chi connectivity index (χ3n) is 4.28. The van der Waals surface area contributed by atoms with E-state index in [0.717, 1.165) is 22.4 Å². The molecule has 5 nitrogen and oxygen atoms in total. The molecule has 2 aromatic rings. The summed E-state index contributed by atoms with van der Waals surface area (Å²) in [5.41, 5.74) is 3.63. The number of aryl methyl sites for hydroxylation is 2. The van der Waals surface area contributed by atoms with Crippen molar-refractivity contribution in [2.45, 2.75) is 38.1 Å². The van der Waals surface area contributed by atoms with Crippen molar-refractivity contribution in [1.29, 1.82) is 0 Å². The van der Waals surface area contributed by atoms with Crippen molar-refractivity contribution in [3.63, 3.8) is 0 Å². The van der Waals surface area contributed by atoms with Gasteiger partial charge in [0.05, 0.1) is 18.3 Å². The number of alkyl halides is 1. The van der Waals surface area contributed by atoms with Gasteiger partial charge in [-0.3, -0.25) is 14.7 Å². The highest BCUT2D eigenvalue weighted by molar-refractivity contribution is 9.10. The van der Waals surface area contributed by atoms with E-state index in [0.29, 0.717) is 12.3 Å². The lowest BCUT2D eigenvalue weighted by molar-refractivity contribution is -0.136. The fraction of sp³-hybridized carbons (Fsp3) is 0.429. The quantitative estimate of drug-likeness (QED) is 0.407. The molecule has 0 radical (unpaired) electrons. The van der Waals surface area contributed by atoms with Crippen LogP contribution in [0.15, 0.2) is 36.5 Å². The minimum atomic E-state index is -0.793. The Bertz CT molecular complexity index is 788. The molecule has 0 saturated heterocycles. The third-order valence-corrected chi connectivity index (χ3v) is 4.61. The van der Waals surface area contributed by atoms with Gasteiger partial charge in [0.2, 0.25) is 0 Å². The van der Waals surface area contributed by atoms with E-state index < -0.39 is 4.32 Å². The fourth-order valence-corrected chi connectivity index (χ4v) is 3.07. The molecule has 1 aromatic carbocycles. The zero-order chi connectivity index (χ0) is 20.2. The summed E-state index contributed by atoms with van der Waals surface area (Å²) in [4.78, 5) is 19.1. The molecule has 1 unspecified atom stereocenters. The number of halogens is 1. The maximum absolute atomic E-state index is 12.5. The second-order valence-electron chi connectivity index (χ2n) is 7.22. The lowest BCUT2D eigenvalue weighted by Gasteiger charge is -2.30. The summed E-state index contributed by atoms with van der Waals surface area (Å²) in [5.74, 6) is 0.179. The molecule has 0 aliphatic heterocycles. The van der Waals surface area contributed by atoms with Gasteiger partial charge in [0.15, 0.2) is 0 Å². The smallest absolute Gasteiger partial charge is 0.327 e. The van der Waals surface area contributed by atoms with Crippen LogP contribution in [0.3, 0.4) is 0 Å². The second-order valence-corrected chi connectivity index (χ2v) is 9.21. The molecular weight excluding hydrogens is 408 g/mol. The van der Waals surface area contributed by atoms with E-state index >= 15 is 0 Å². The number of aromatic nitrogens is 1. The Labute approximate surface area is 169 Å². The minimum absolute atomic E-state index is 0.0220. The molecule has 0 aliphatic carbocycles. The molecule has 0 amide bonds. The Morgan fingerprint density at radius 2 is 2.04 bits per heavy atom. The summed E-state index contributed by atoms with van der Waals surface area (Å²) in [6.07, 6.45) is 1.74. The van der Waals surface area contributed by atoms with Crippen molar-refractivity contribution in [1.82, 2.24) is 9.88 Å². The monoisotopic (exact) mass is 434 g/mol. The van der Waals surface area contributed by atoms with Crippen molar-refractivity contribution in [2.24, 2.45) is 0 Å². The van der Waals surface area contributed by atoms with Crippen LogP contribution in [0.2, 0.25) is 0 Å². The number of hydrogen-bond acceptors (Lipinski definition) is 5. The number of carbonyl (C=O) groups is 1. The van der Waals surface area contributed by atoms with E-state index in [9.17, 15) is 9.90 Å². The highest BCUT2D eigenvalue weighted by atomic mass is 79.9. The minimum Gasteiger partial charge on any atom is -0.425 e. The summed E-state index contributed by atoms with van der Waals surface area (Å²) in [7, 11) is 1.92. The molecule has 0 bridgehead atoms.